The second-order valence-corrected chi connectivity index (χ2v) is 9.36. The zero-order valence-corrected chi connectivity index (χ0v) is 22.5. The first kappa shape index (κ1) is 31.1. The van der Waals surface area contributed by atoms with Gasteiger partial charge in [0.05, 0.1) is 5.92 Å². The predicted octanol–water partition coefficient (Wildman–Crippen LogP) is 4.12. The molecule has 0 spiro atoms. The number of hydrogen-bond acceptors (Lipinski definition) is 9. The topological polar surface area (TPSA) is 131 Å². The molecule has 0 aromatic heterocycles. The van der Waals surface area contributed by atoms with Crippen LogP contribution in [0, 0.1) is 11.8 Å². The van der Waals surface area contributed by atoms with E-state index in [4.69, 9.17) is 24.7 Å². The van der Waals surface area contributed by atoms with Gasteiger partial charge >= 0.3 is 23.9 Å². The van der Waals surface area contributed by atoms with Gasteiger partial charge in [0.15, 0.2) is 11.5 Å². The van der Waals surface area contributed by atoms with Gasteiger partial charge in [-0.2, -0.15) is 0 Å². The van der Waals surface area contributed by atoms with Crippen LogP contribution in [-0.4, -0.2) is 42.1 Å². The molecule has 2 N–H and O–H groups in total. The van der Waals surface area contributed by atoms with Crippen LogP contribution in [0.15, 0.2) is 18.2 Å². The first-order chi connectivity index (χ1) is 16.9. The van der Waals surface area contributed by atoms with E-state index in [1.54, 1.807) is 26.8 Å². The summed E-state index contributed by atoms with van der Waals surface area (Å²) in [7, 11) is 0. The lowest BCUT2D eigenvalue weighted by molar-refractivity contribution is -0.169. The van der Waals surface area contributed by atoms with Crippen molar-refractivity contribution in [1.29, 1.82) is 0 Å². The highest BCUT2D eigenvalue weighted by Gasteiger charge is 2.27. The van der Waals surface area contributed by atoms with E-state index >= 15 is 0 Å². The van der Waals surface area contributed by atoms with E-state index in [0.717, 1.165) is 0 Å². The van der Waals surface area contributed by atoms with Gasteiger partial charge in [-0.05, 0) is 56.7 Å². The summed E-state index contributed by atoms with van der Waals surface area (Å²) in [6, 6.07) is 3.66. The molecule has 1 unspecified atom stereocenters. The van der Waals surface area contributed by atoms with Gasteiger partial charge in [-0.25, -0.2) is 0 Å². The maximum absolute atomic E-state index is 12.6. The fourth-order valence-corrected chi connectivity index (χ4v) is 2.96. The summed E-state index contributed by atoms with van der Waals surface area (Å²) in [6.45, 7) is 12.6. The molecule has 202 valence electrons. The van der Waals surface area contributed by atoms with E-state index in [9.17, 15) is 19.2 Å². The highest BCUT2D eigenvalue weighted by Crippen LogP contribution is 2.30. The Labute approximate surface area is 214 Å². The summed E-state index contributed by atoms with van der Waals surface area (Å²) in [5.74, 6) is -1.85. The molecular formula is C27H41NO8. The summed E-state index contributed by atoms with van der Waals surface area (Å²) >= 11 is 0. The van der Waals surface area contributed by atoms with Gasteiger partial charge in [0.25, 0.3) is 0 Å². The smallest absolute Gasteiger partial charge is 0.323 e. The van der Waals surface area contributed by atoms with Gasteiger partial charge in [0.1, 0.15) is 18.2 Å². The third-order valence-corrected chi connectivity index (χ3v) is 5.76. The van der Waals surface area contributed by atoms with Gasteiger partial charge in [0.2, 0.25) is 0 Å². The molecule has 0 saturated carbocycles. The third-order valence-electron chi connectivity index (χ3n) is 5.76. The lowest BCUT2D eigenvalue weighted by Crippen LogP contribution is -2.40. The Morgan fingerprint density at radius 3 is 1.78 bits per heavy atom. The molecule has 0 heterocycles. The number of nitrogens with two attached hydrogens (primary N) is 1. The average molecular weight is 508 g/mol. The van der Waals surface area contributed by atoms with Crippen LogP contribution in [0.1, 0.15) is 79.7 Å². The number of carbonyl (C=O) groups is 4. The first-order valence-corrected chi connectivity index (χ1v) is 12.6. The Kier molecular flexibility index (Phi) is 13.2. The Morgan fingerprint density at radius 2 is 1.28 bits per heavy atom. The van der Waals surface area contributed by atoms with Gasteiger partial charge < -0.3 is 24.7 Å². The van der Waals surface area contributed by atoms with Crippen LogP contribution in [0.3, 0.4) is 0 Å². The maximum Gasteiger partial charge on any atom is 0.323 e. The number of esters is 4. The molecular weight excluding hydrogens is 466 g/mol. The Morgan fingerprint density at radius 1 is 0.778 bits per heavy atom. The standard InChI is InChI=1S/C27H41NO8/c1-8-10-24(29)35-22-13-12-20(15-23(22)36-25(30)11-9-2)14-21(28)27(32)34-19(7)18(6)33-26(31)17(5)16(3)4/h12-13,15-19,21H,8-11,14,28H2,1-7H3/t17?,18-,19-,21-/m0/s1. The molecule has 0 aliphatic rings. The molecule has 0 aliphatic heterocycles. The van der Waals surface area contributed by atoms with Gasteiger partial charge in [-0.1, -0.05) is 40.7 Å². The van der Waals surface area contributed by atoms with Crippen LogP contribution >= 0.6 is 0 Å². The Bertz CT molecular complexity index is 898. The Balaban J connectivity index is 2.87. The minimum atomic E-state index is -1.02. The molecule has 0 bridgehead atoms. The molecule has 0 fully saturated rings. The van der Waals surface area contributed by atoms with Crippen LogP contribution in [-0.2, 0) is 35.1 Å². The molecule has 0 saturated heterocycles. The molecule has 0 amide bonds. The predicted molar refractivity (Wildman–Crippen MR) is 134 cm³/mol. The second-order valence-electron chi connectivity index (χ2n) is 9.36. The summed E-state index contributed by atoms with van der Waals surface area (Å²) in [4.78, 5) is 48.8. The van der Waals surface area contributed by atoms with Crippen LogP contribution in [0.25, 0.3) is 0 Å². The maximum atomic E-state index is 12.6. The van der Waals surface area contributed by atoms with Crippen LogP contribution in [0.2, 0.25) is 0 Å². The highest BCUT2D eigenvalue weighted by molar-refractivity contribution is 5.77. The molecule has 1 rings (SSSR count). The van der Waals surface area contributed by atoms with Crippen molar-refractivity contribution in [3.63, 3.8) is 0 Å². The first-order valence-electron chi connectivity index (χ1n) is 12.6. The van der Waals surface area contributed by atoms with Crippen molar-refractivity contribution in [2.24, 2.45) is 17.6 Å². The number of ether oxygens (including phenoxy) is 4. The average Bonchev–Trinajstić information content (AvgIpc) is 2.80. The molecule has 9 nitrogen and oxygen atoms in total. The van der Waals surface area contributed by atoms with Crippen molar-refractivity contribution in [1.82, 2.24) is 0 Å². The highest BCUT2D eigenvalue weighted by atomic mass is 16.6. The van der Waals surface area contributed by atoms with E-state index < -0.39 is 36.2 Å². The fraction of sp³-hybridized carbons (Fsp3) is 0.630. The SMILES string of the molecule is CCCC(=O)Oc1ccc(C[C@H](N)C(=O)O[C@@H](C)[C@H](C)OC(=O)C(C)C(C)C)cc1OC(=O)CCC. The number of benzene rings is 1. The molecule has 1 aromatic carbocycles. The molecule has 0 aliphatic carbocycles. The van der Waals surface area contributed by atoms with E-state index in [-0.39, 0.29) is 48.6 Å². The van der Waals surface area contributed by atoms with Crippen molar-refractivity contribution in [3.05, 3.63) is 23.8 Å². The molecule has 4 atom stereocenters. The van der Waals surface area contributed by atoms with E-state index in [0.29, 0.717) is 18.4 Å². The monoisotopic (exact) mass is 507 g/mol. The lowest BCUT2D eigenvalue weighted by atomic mass is 9.98. The lowest BCUT2D eigenvalue weighted by Gasteiger charge is -2.24. The van der Waals surface area contributed by atoms with Gasteiger partial charge in [-0.3, -0.25) is 19.2 Å². The molecule has 1 aromatic rings. The molecule has 36 heavy (non-hydrogen) atoms. The van der Waals surface area contributed by atoms with Crippen LogP contribution < -0.4 is 15.2 Å². The molecule has 0 radical (unpaired) electrons. The third kappa shape index (κ3) is 10.4. The Hall–Kier alpha value is -2.94. The minimum Gasteiger partial charge on any atom is -0.459 e. The van der Waals surface area contributed by atoms with Crippen LogP contribution in [0.5, 0.6) is 11.5 Å². The summed E-state index contributed by atoms with van der Waals surface area (Å²) in [6.07, 6.45) is 0.396. The number of carbonyl (C=O) groups excluding carboxylic acids is 4. The van der Waals surface area contributed by atoms with E-state index in [2.05, 4.69) is 0 Å². The van der Waals surface area contributed by atoms with Crippen molar-refractivity contribution in [2.75, 3.05) is 0 Å². The summed E-state index contributed by atoms with van der Waals surface area (Å²) < 4.78 is 21.6. The van der Waals surface area contributed by atoms with Gasteiger partial charge in [0, 0.05) is 12.8 Å². The van der Waals surface area contributed by atoms with Crippen LogP contribution in [0.4, 0.5) is 0 Å². The quantitative estimate of drug-likeness (QED) is 0.292. The van der Waals surface area contributed by atoms with E-state index in [1.807, 2.05) is 27.7 Å². The molecule has 9 heteroatoms. The van der Waals surface area contributed by atoms with Gasteiger partial charge in [-0.15, -0.1) is 0 Å². The summed E-state index contributed by atoms with van der Waals surface area (Å²) in [5.41, 5.74) is 6.66. The summed E-state index contributed by atoms with van der Waals surface area (Å²) in [5, 5.41) is 0. The second kappa shape index (κ2) is 15.2. The minimum absolute atomic E-state index is 0.0872. The number of hydrogen-bond donors (Lipinski definition) is 1. The zero-order valence-electron chi connectivity index (χ0n) is 22.5. The zero-order chi connectivity index (χ0) is 27.4. The van der Waals surface area contributed by atoms with Crippen molar-refractivity contribution >= 4 is 23.9 Å². The van der Waals surface area contributed by atoms with Crippen molar-refractivity contribution < 1.29 is 38.1 Å². The fourth-order valence-electron chi connectivity index (χ4n) is 2.96. The van der Waals surface area contributed by atoms with Crippen molar-refractivity contribution in [3.8, 4) is 11.5 Å². The number of rotatable bonds is 14. The van der Waals surface area contributed by atoms with E-state index in [1.165, 1.54) is 12.1 Å². The normalized spacial score (nSPS) is 14.4. The van der Waals surface area contributed by atoms with Crippen molar-refractivity contribution in [2.45, 2.75) is 98.8 Å². The largest absolute Gasteiger partial charge is 0.459 e.